The number of carbonyl (C=O) groups excluding carboxylic acids is 1. The van der Waals surface area contributed by atoms with Crippen LogP contribution in [0.2, 0.25) is 0 Å². The highest BCUT2D eigenvalue weighted by molar-refractivity contribution is 8.11. The SMILES string of the molecule is COC(=O)CNc1ccc(CSC=N)cc1. The normalized spacial score (nSPS) is 9.56. The van der Waals surface area contributed by atoms with E-state index in [-0.39, 0.29) is 12.5 Å². The van der Waals surface area contributed by atoms with Crippen LogP contribution in [0.3, 0.4) is 0 Å². The number of hydrogen-bond donors (Lipinski definition) is 2. The molecule has 0 saturated carbocycles. The van der Waals surface area contributed by atoms with Crippen molar-refractivity contribution >= 4 is 29.0 Å². The summed E-state index contributed by atoms with van der Waals surface area (Å²) in [4.78, 5) is 10.9. The largest absolute Gasteiger partial charge is 0.468 e. The average Bonchev–Trinajstić information content (AvgIpc) is 2.34. The van der Waals surface area contributed by atoms with Gasteiger partial charge in [0.25, 0.3) is 0 Å². The maximum Gasteiger partial charge on any atom is 0.325 e. The number of esters is 1. The summed E-state index contributed by atoms with van der Waals surface area (Å²) < 4.78 is 4.52. The van der Waals surface area contributed by atoms with Crippen LogP contribution in [0.5, 0.6) is 0 Å². The van der Waals surface area contributed by atoms with Gasteiger partial charge in [-0.1, -0.05) is 12.1 Å². The Labute approximate surface area is 98.9 Å². The monoisotopic (exact) mass is 238 g/mol. The average molecular weight is 238 g/mol. The molecule has 0 saturated heterocycles. The minimum atomic E-state index is -0.288. The van der Waals surface area contributed by atoms with Gasteiger partial charge in [0.15, 0.2) is 0 Å². The second-order valence-corrected chi connectivity index (χ2v) is 3.91. The highest BCUT2D eigenvalue weighted by atomic mass is 32.2. The summed E-state index contributed by atoms with van der Waals surface area (Å²) in [5.74, 6) is 0.504. The van der Waals surface area contributed by atoms with Crippen LogP contribution < -0.4 is 5.32 Å². The molecule has 86 valence electrons. The number of thioether (sulfide) groups is 1. The van der Waals surface area contributed by atoms with E-state index >= 15 is 0 Å². The predicted octanol–water partition coefficient (Wildman–Crippen LogP) is 2.11. The first-order valence-corrected chi connectivity index (χ1v) is 5.81. The van der Waals surface area contributed by atoms with Crippen LogP contribution in [-0.2, 0) is 15.3 Å². The van der Waals surface area contributed by atoms with Gasteiger partial charge in [0.1, 0.15) is 6.54 Å². The minimum Gasteiger partial charge on any atom is -0.468 e. The Hall–Kier alpha value is -1.49. The molecule has 0 radical (unpaired) electrons. The predicted molar refractivity (Wildman–Crippen MR) is 67.0 cm³/mol. The lowest BCUT2D eigenvalue weighted by molar-refractivity contribution is -0.138. The molecule has 0 heterocycles. The van der Waals surface area contributed by atoms with Gasteiger partial charge in [-0.25, -0.2) is 0 Å². The fraction of sp³-hybridized carbons (Fsp3) is 0.273. The number of nitrogens with one attached hydrogen (secondary N) is 2. The Kier molecular flexibility index (Phi) is 5.42. The third-order valence-electron chi connectivity index (χ3n) is 1.95. The number of benzene rings is 1. The molecule has 2 N–H and O–H groups in total. The summed E-state index contributed by atoms with van der Waals surface area (Å²) in [6, 6.07) is 7.75. The van der Waals surface area contributed by atoms with Crippen molar-refractivity contribution in [2.24, 2.45) is 0 Å². The third kappa shape index (κ3) is 4.35. The Morgan fingerprint density at radius 3 is 2.75 bits per heavy atom. The van der Waals surface area contributed by atoms with Gasteiger partial charge in [0.2, 0.25) is 0 Å². The zero-order chi connectivity index (χ0) is 11.8. The van der Waals surface area contributed by atoms with Gasteiger partial charge in [0.05, 0.1) is 12.7 Å². The van der Waals surface area contributed by atoms with Crippen LogP contribution in [0.15, 0.2) is 24.3 Å². The van der Waals surface area contributed by atoms with Crippen molar-refractivity contribution in [3.8, 4) is 0 Å². The van der Waals surface area contributed by atoms with Gasteiger partial charge in [-0.15, -0.1) is 11.8 Å². The lowest BCUT2D eigenvalue weighted by Gasteiger charge is -2.05. The van der Waals surface area contributed by atoms with Crippen LogP contribution in [0.25, 0.3) is 0 Å². The van der Waals surface area contributed by atoms with E-state index in [1.165, 1.54) is 24.4 Å². The number of ether oxygens (including phenoxy) is 1. The molecule has 16 heavy (non-hydrogen) atoms. The van der Waals surface area contributed by atoms with Crippen molar-refractivity contribution in [2.45, 2.75) is 5.75 Å². The van der Waals surface area contributed by atoms with Crippen molar-refractivity contribution in [3.63, 3.8) is 0 Å². The van der Waals surface area contributed by atoms with Crippen LogP contribution in [-0.4, -0.2) is 25.2 Å². The highest BCUT2D eigenvalue weighted by Gasteiger charge is 1.99. The van der Waals surface area contributed by atoms with E-state index in [1.807, 2.05) is 24.3 Å². The summed E-state index contributed by atoms with van der Waals surface area (Å²) >= 11 is 1.44. The summed E-state index contributed by atoms with van der Waals surface area (Å²) in [6.07, 6.45) is 0. The molecule has 0 aromatic heterocycles. The van der Waals surface area contributed by atoms with Gasteiger partial charge in [-0.2, -0.15) is 0 Å². The summed E-state index contributed by atoms with van der Waals surface area (Å²) in [6.45, 7) is 0.172. The Morgan fingerprint density at radius 1 is 1.50 bits per heavy atom. The van der Waals surface area contributed by atoms with Crippen LogP contribution in [0.1, 0.15) is 5.56 Å². The summed E-state index contributed by atoms with van der Waals surface area (Å²) in [5.41, 5.74) is 3.36. The Morgan fingerprint density at radius 2 is 2.19 bits per heavy atom. The number of anilines is 1. The molecule has 0 aliphatic carbocycles. The second kappa shape index (κ2) is 6.90. The molecule has 1 rings (SSSR count). The Bertz CT molecular complexity index is 352. The molecule has 4 nitrogen and oxygen atoms in total. The molecule has 0 spiro atoms. The van der Waals surface area contributed by atoms with Gasteiger partial charge >= 0.3 is 5.97 Å². The van der Waals surface area contributed by atoms with Crippen molar-refractivity contribution in [1.29, 1.82) is 5.41 Å². The second-order valence-electron chi connectivity index (χ2n) is 3.06. The van der Waals surface area contributed by atoms with E-state index in [0.29, 0.717) is 0 Å². The number of methoxy groups -OCH3 is 1. The standard InChI is InChI=1S/C11H14N2O2S/c1-15-11(14)6-13-10-4-2-9(3-5-10)7-16-8-12/h2-5,8,12-13H,6-7H2,1H3. The van der Waals surface area contributed by atoms with E-state index < -0.39 is 0 Å². The van der Waals surface area contributed by atoms with Crippen molar-refractivity contribution in [2.75, 3.05) is 19.0 Å². The molecule has 0 bridgehead atoms. The molecule has 0 amide bonds. The minimum absolute atomic E-state index is 0.172. The van der Waals surface area contributed by atoms with Crippen molar-refractivity contribution < 1.29 is 9.53 Å². The van der Waals surface area contributed by atoms with Crippen molar-refractivity contribution in [1.82, 2.24) is 0 Å². The zero-order valence-electron chi connectivity index (χ0n) is 9.03. The van der Waals surface area contributed by atoms with Crippen LogP contribution >= 0.6 is 11.8 Å². The van der Waals surface area contributed by atoms with Gasteiger partial charge in [-0.05, 0) is 17.7 Å². The molecule has 0 aliphatic heterocycles. The van der Waals surface area contributed by atoms with Gasteiger partial charge in [0, 0.05) is 11.4 Å². The van der Waals surface area contributed by atoms with Gasteiger partial charge in [-0.3, -0.25) is 4.79 Å². The highest BCUT2D eigenvalue weighted by Crippen LogP contribution is 2.13. The number of rotatable bonds is 6. The van der Waals surface area contributed by atoms with E-state index in [2.05, 4.69) is 10.1 Å². The van der Waals surface area contributed by atoms with E-state index in [0.717, 1.165) is 17.0 Å². The molecular weight excluding hydrogens is 224 g/mol. The van der Waals surface area contributed by atoms with Crippen molar-refractivity contribution in [3.05, 3.63) is 29.8 Å². The number of carbonyl (C=O) groups is 1. The fourth-order valence-corrected chi connectivity index (χ4v) is 1.57. The topological polar surface area (TPSA) is 62.2 Å². The maximum absolute atomic E-state index is 10.9. The van der Waals surface area contributed by atoms with E-state index in [4.69, 9.17) is 5.41 Å². The van der Waals surface area contributed by atoms with E-state index in [9.17, 15) is 4.79 Å². The smallest absolute Gasteiger partial charge is 0.325 e. The van der Waals surface area contributed by atoms with Crippen LogP contribution in [0, 0.1) is 5.41 Å². The Balaban J connectivity index is 2.44. The first-order chi connectivity index (χ1) is 7.76. The molecular formula is C11H14N2O2S. The van der Waals surface area contributed by atoms with Crippen LogP contribution in [0.4, 0.5) is 5.69 Å². The summed E-state index contributed by atoms with van der Waals surface area (Å²) in [7, 11) is 1.36. The maximum atomic E-state index is 10.9. The first kappa shape index (κ1) is 12.6. The molecule has 0 atom stereocenters. The van der Waals surface area contributed by atoms with E-state index in [1.54, 1.807) is 0 Å². The molecule has 0 fully saturated rings. The molecule has 0 unspecified atom stereocenters. The molecule has 1 aromatic rings. The summed E-state index contributed by atoms with van der Waals surface area (Å²) in [5, 5.41) is 9.86. The first-order valence-electron chi connectivity index (χ1n) is 4.76. The zero-order valence-corrected chi connectivity index (χ0v) is 9.84. The van der Waals surface area contributed by atoms with Gasteiger partial charge < -0.3 is 15.5 Å². The molecule has 0 aliphatic rings. The lowest BCUT2D eigenvalue weighted by Crippen LogP contribution is -2.14. The molecule has 5 heteroatoms. The number of hydrogen-bond acceptors (Lipinski definition) is 5. The lowest BCUT2D eigenvalue weighted by atomic mass is 10.2. The quantitative estimate of drug-likeness (QED) is 0.452. The third-order valence-corrected chi connectivity index (χ3v) is 2.62. The fourth-order valence-electron chi connectivity index (χ4n) is 1.10. The molecule has 1 aromatic carbocycles.